The third kappa shape index (κ3) is 7.07. The molecule has 11 rings (SSSR count). The van der Waals surface area contributed by atoms with Crippen molar-refractivity contribution in [3.63, 3.8) is 0 Å². The average molecular weight is 945 g/mol. The van der Waals surface area contributed by atoms with Gasteiger partial charge in [0, 0.05) is 46.9 Å². The largest absolute Gasteiger partial charge is 0.456 e. The predicted octanol–water partition coefficient (Wildman–Crippen LogP) is 14.1. The summed E-state index contributed by atoms with van der Waals surface area (Å²) in [7, 11) is 0. The van der Waals surface area contributed by atoms with E-state index >= 15 is 0 Å². The van der Waals surface area contributed by atoms with Gasteiger partial charge in [0.15, 0.2) is 0 Å². The summed E-state index contributed by atoms with van der Waals surface area (Å²) in [6.45, 7) is 0.00268. The first-order valence-electron chi connectivity index (χ1n) is 20.2. The molecule has 281 valence electrons. The van der Waals surface area contributed by atoms with Crippen molar-refractivity contribution in [1.29, 1.82) is 0 Å². The summed E-state index contributed by atoms with van der Waals surface area (Å²) >= 11 is 1.64. The second-order valence-electron chi connectivity index (χ2n) is 14.0. The third-order valence-electron chi connectivity index (χ3n) is 10.2. The molecular formula is C52H35IrN3OS-2. The van der Waals surface area contributed by atoms with Crippen molar-refractivity contribution in [2.45, 2.75) is 13.8 Å². The Morgan fingerprint density at radius 1 is 0.638 bits per heavy atom. The molecule has 0 saturated carbocycles. The van der Waals surface area contributed by atoms with Gasteiger partial charge >= 0.3 is 0 Å². The maximum Gasteiger partial charge on any atom is 0.135 e. The van der Waals surface area contributed by atoms with Gasteiger partial charge in [-0.15, -0.1) is 41.3 Å². The number of thiophene rings is 1. The molecule has 0 aliphatic rings. The van der Waals surface area contributed by atoms with E-state index in [-0.39, 0.29) is 25.7 Å². The van der Waals surface area contributed by atoms with E-state index in [1.807, 2.05) is 30.3 Å². The van der Waals surface area contributed by atoms with E-state index in [0.717, 1.165) is 77.8 Å². The van der Waals surface area contributed by atoms with Crippen LogP contribution in [0, 0.1) is 25.2 Å². The Balaban J connectivity index is 0.000000237. The van der Waals surface area contributed by atoms with Crippen LogP contribution in [-0.2, 0) is 20.1 Å². The number of rotatable bonds is 5. The number of pyridine rings is 1. The number of aromatic nitrogens is 3. The number of furan rings is 1. The SMILES string of the molecule is Cc1ccc2c(c1)oc1ccc(-c3ccc4s[c-]c(-c5nc6ccccc6n5-c5ccc(-c6ccccc6)cc5)c4c3)cc12.[2H]C([2H])([2H])c1ccc(-c2[c-]cccc2)nc1.[Ir]. The Morgan fingerprint density at radius 2 is 1.38 bits per heavy atom. The van der Waals surface area contributed by atoms with E-state index in [2.05, 4.69) is 149 Å². The summed E-state index contributed by atoms with van der Waals surface area (Å²) in [5, 5.41) is 7.04. The summed E-state index contributed by atoms with van der Waals surface area (Å²) in [4.78, 5) is 9.29. The molecule has 4 aromatic heterocycles. The monoisotopic (exact) mass is 945 g/mol. The number of hydrogen-bond acceptors (Lipinski definition) is 4. The molecule has 0 N–H and O–H groups in total. The normalized spacial score (nSPS) is 12.1. The van der Waals surface area contributed by atoms with Crippen LogP contribution in [0.2, 0.25) is 0 Å². The van der Waals surface area contributed by atoms with E-state index in [9.17, 15) is 0 Å². The zero-order chi connectivity index (χ0) is 40.8. The summed E-state index contributed by atoms with van der Waals surface area (Å²) in [5.41, 5.74) is 13.7. The molecule has 7 aromatic carbocycles. The fourth-order valence-corrected chi connectivity index (χ4v) is 8.20. The van der Waals surface area contributed by atoms with E-state index in [1.165, 1.54) is 27.6 Å². The quantitative estimate of drug-likeness (QED) is 0.162. The average Bonchev–Trinajstić information content (AvgIpc) is 3.99. The molecule has 4 nitrogen and oxygen atoms in total. The standard InChI is InChI=1S/C40H25N2OS.C12H10N.Ir/c1-25-11-18-31-32-22-28(14-19-37(32)43-38(31)21-25)29-15-20-39-33(23-29)34(24-44-39)40-41-35-9-5-6-10-36(35)42(40)30-16-12-27(13-17-30)26-7-3-2-4-8-26;1-10-7-8-12(13-9-10)11-5-3-2-4-6-11;/h2-23H,1H3;2-5,7-9H,1H3;/q2*-1;/i;1D3;. The summed E-state index contributed by atoms with van der Waals surface area (Å²) in [5.74, 6) is 0.897. The molecule has 0 amide bonds. The molecule has 0 spiro atoms. The van der Waals surface area contributed by atoms with Gasteiger partial charge in [-0.05, 0) is 95.3 Å². The first-order valence-corrected chi connectivity index (χ1v) is 19.5. The Labute approximate surface area is 358 Å². The molecule has 0 aliphatic carbocycles. The van der Waals surface area contributed by atoms with Crippen molar-refractivity contribution in [3.8, 4) is 50.6 Å². The molecule has 6 heteroatoms. The number of nitrogens with zero attached hydrogens (tertiary/aromatic N) is 3. The van der Waals surface area contributed by atoms with Crippen molar-refractivity contribution in [3.05, 3.63) is 199 Å². The topological polar surface area (TPSA) is 43.9 Å². The molecule has 0 bridgehead atoms. The van der Waals surface area contributed by atoms with Crippen LogP contribution in [0.25, 0.3) is 93.6 Å². The summed E-state index contributed by atoms with van der Waals surface area (Å²) < 4.78 is 31.3. The minimum absolute atomic E-state index is 0. The molecule has 1 radical (unpaired) electrons. The van der Waals surface area contributed by atoms with Gasteiger partial charge in [0.2, 0.25) is 0 Å². The van der Waals surface area contributed by atoms with Gasteiger partial charge in [0.05, 0.1) is 16.9 Å². The first-order chi connectivity index (χ1) is 29.3. The van der Waals surface area contributed by atoms with Crippen LogP contribution in [0.4, 0.5) is 0 Å². The van der Waals surface area contributed by atoms with Gasteiger partial charge in [-0.25, -0.2) is 0 Å². The van der Waals surface area contributed by atoms with Crippen LogP contribution in [-0.4, -0.2) is 14.5 Å². The summed E-state index contributed by atoms with van der Waals surface area (Å²) in [6.07, 6.45) is 1.39. The molecule has 0 aliphatic heterocycles. The molecule has 4 heterocycles. The predicted molar refractivity (Wildman–Crippen MR) is 237 cm³/mol. The second-order valence-corrected chi connectivity index (χ2v) is 14.8. The molecule has 58 heavy (non-hydrogen) atoms. The zero-order valence-electron chi connectivity index (χ0n) is 34.2. The van der Waals surface area contributed by atoms with Gasteiger partial charge in [-0.3, -0.25) is 16.3 Å². The van der Waals surface area contributed by atoms with Gasteiger partial charge in [0.25, 0.3) is 0 Å². The van der Waals surface area contributed by atoms with Crippen LogP contribution in [0.15, 0.2) is 180 Å². The van der Waals surface area contributed by atoms with Crippen LogP contribution >= 0.6 is 11.3 Å². The number of aryl methyl sites for hydroxylation is 2. The number of hydrogen-bond donors (Lipinski definition) is 0. The molecular weight excluding hydrogens is 907 g/mol. The number of para-hydroxylation sites is 2. The van der Waals surface area contributed by atoms with Crippen LogP contribution < -0.4 is 0 Å². The van der Waals surface area contributed by atoms with Crippen molar-refractivity contribution in [2.24, 2.45) is 0 Å². The number of imidazole rings is 1. The fraction of sp³-hybridized carbons (Fsp3) is 0.0385. The van der Waals surface area contributed by atoms with Gasteiger partial charge < -0.3 is 14.0 Å². The van der Waals surface area contributed by atoms with Gasteiger partial charge in [-0.1, -0.05) is 119 Å². The maximum atomic E-state index is 7.23. The van der Waals surface area contributed by atoms with Crippen molar-refractivity contribution >= 4 is 54.4 Å². The Morgan fingerprint density at radius 3 is 2.17 bits per heavy atom. The zero-order valence-corrected chi connectivity index (χ0v) is 34.4. The molecule has 0 unspecified atom stereocenters. The minimum atomic E-state index is -2.09. The Hall–Kier alpha value is -6.43. The molecule has 0 atom stereocenters. The van der Waals surface area contributed by atoms with E-state index in [4.69, 9.17) is 13.5 Å². The van der Waals surface area contributed by atoms with Crippen LogP contribution in [0.1, 0.15) is 15.2 Å². The van der Waals surface area contributed by atoms with E-state index in [0.29, 0.717) is 0 Å². The fourth-order valence-electron chi connectivity index (χ4n) is 7.38. The Bertz CT molecular complexity index is 3300. The van der Waals surface area contributed by atoms with Crippen LogP contribution in [0.5, 0.6) is 0 Å². The van der Waals surface area contributed by atoms with Crippen molar-refractivity contribution in [2.75, 3.05) is 0 Å². The molecule has 11 aromatic rings. The maximum absolute atomic E-state index is 7.23. The summed E-state index contributed by atoms with van der Waals surface area (Å²) in [6, 6.07) is 61.0. The van der Waals surface area contributed by atoms with Gasteiger partial charge in [-0.2, -0.15) is 0 Å². The van der Waals surface area contributed by atoms with E-state index in [1.54, 1.807) is 29.5 Å². The van der Waals surface area contributed by atoms with E-state index < -0.39 is 6.85 Å². The third-order valence-corrected chi connectivity index (χ3v) is 11.1. The molecule has 0 fully saturated rings. The molecule has 0 saturated heterocycles. The second kappa shape index (κ2) is 15.8. The number of fused-ring (bicyclic) bond motifs is 5. The van der Waals surface area contributed by atoms with Crippen LogP contribution in [0.3, 0.4) is 0 Å². The first kappa shape index (κ1) is 33.7. The smallest absolute Gasteiger partial charge is 0.135 e. The van der Waals surface area contributed by atoms with Gasteiger partial charge in [0.1, 0.15) is 11.2 Å². The van der Waals surface area contributed by atoms with Crippen molar-refractivity contribution in [1.82, 2.24) is 14.5 Å². The minimum Gasteiger partial charge on any atom is -0.456 e. The Kier molecular flexibility index (Phi) is 9.20. The number of benzene rings is 7. The van der Waals surface area contributed by atoms with Crippen molar-refractivity contribution < 1.29 is 28.6 Å².